The quantitative estimate of drug-likeness (QED) is 0.421. The first-order chi connectivity index (χ1) is 15.8. The molecule has 0 spiro atoms. The van der Waals surface area contributed by atoms with Gasteiger partial charge in [-0.3, -0.25) is 9.59 Å². The van der Waals surface area contributed by atoms with Crippen LogP contribution in [0.5, 0.6) is 11.5 Å². The lowest BCUT2D eigenvalue weighted by molar-refractivity contribution is -0.141. The van der Waals surface area contributed by atoms with E-state index in [1.165, 1.54) is 25.9 Å². The van der Waals surface area contributed by atoms with Crippen molar-refractivity contribution in [2.75, 3.05) is 27.1 Å². The number of methoxy groups -OCH3 is 3. The molecule has 1 aromatic heterocycles. The fraction of sp³-hybridized carbons (Fsp3) is 0.318. The van der Waals surface area contributed by atoms with E-state index in [0.29, 0.717) is 27.3 Å². The molecule has 0 fully saturated rings. The van der Waals surface area contributed by atoms with Crippen molar-refractivity contribution in [1.82, 2.24) is 4.57 Å². The zero-order valence-electron chi connectivity index (χ0n) is 18.4. The van der Waals surface area contributed by atoms with Crippen molar-refractivity contribution in [2.24, 2.45) is 4.99 Å². The van der Waals surface area contributed by atoms with Gasteiger partial charge < -0.3 is 18.8 Å². The zero-order valence-corrected chi connectivity index (χ0v) is 20.1. The van der Waals surface area contributed by atoms with Crippen molar-refractivity contribution in [3.63, 3.8) is 0 Å². The van der Waals surface area contributed by atoms with Gasteiger partial charge in [0.2, 0.25) is 5.91 Å². The van der Waals surface area contributed by atoms with Crippen LogP contribution in [0.25, 0.3) is 10.2 Å². The summed E-state index contributed by atoms with van der Waals surface area (Å²) in [5.41, 5.74) is 1.18. The van der Waals surface area contributed by atoms with E-state index < -0.39 is 21.7 Å². The summed E-state index contributed by atoms with van der Waals surface area (Å²) in [6.45, 7) is -0.210. The van der Waals surface area contributed by atoms with Gasteiger partial charge in [-0.05, 0) is 17.7 Å². The number of amides is 1. The second kappa shape index (κ2) is 10.6. The average Bonchev–Trinajstić information content (AvgIpc) is 3.15. The van der Waals surface area contributed by atoms with Crippen molar-refractivity contribution in [3.05, 3.63) is 52.8 Å². The molecule has 1 heterocycles. The fourth-order valence-corrected chi connectivity index (χ4v) is 5.67. The number of fused-ring (bicyclic) bond motifs is 1. The van der Waals surface area contributed by atoms with Crippen molar-refractivity contribution in [2.45, 2.75) is 18.7 Å². The van der Waals surface area contributed by atoms with Gasteiger partial charge in [-0.15, -0.1) is 0 Å². The van der Waals surface area contributed by atoms with Crippen LogP contribution in [0.3, 0.4) is 0 Å². The van der Waals surface area contributed by atoms with Gasteiger partial charge in [-0.25, -0.2) is 8.42 Å². The van der Waals surface area contributed by atoms with Crippen molar-refractivity contribution >= 4 is 43.3 Å². The van der Waals surface area contributed by atoms with E-state index in [2.05, 4.69) is 4.99 Å². The predicted molar refractivity (Wildman–Crippen MR) is 124 cm³/mol. The average molecular weight is 493 g/mol. The number of ether oxygens (including phenoxy) is 3. The summed E-state index contributed by atoms with van der Waals surface area (Å²) < 4.78 is 42.6. The fourth-order valence-electron chi connectivity index (χ4n) is 3.19. The van der Waals surface area contributed by atoms with Crippen LogP contribution in [-0.2, 0) is 36.5 Å². The summed E-state index contributed by atoms with van der Waals surface area (Å²) in [6.07, 6.45) is -0.282. The number of nitrogens with zero attached hydrogens (tertiary/aromatic N) is 2. The van der Waals surface area contributed by atoms with Gasteiger partial charge in [0.05, 0.1) is 32.8 Å². The highest BCUT2D eigenvalue weighted by Crippen LogP contribution is 2.35. The second-order valence-corrected chi connectivity index (χ2v) is 10.2. The van der Waals surface area contributed by atoms with Gasteiger partial charge in [-0.2, -0.15) is 4.99 Å². The summed E-state index contributed by atoms with van der Waals surface area (Å²) in [5.74, 6) is -0.660. The van der Waals surface area contributed by atoms with E-state index >= 15 is 0 Å². The minimum absolute atomic E-state index is 0.152. The maximum atomic E-state index is 12.6. The maximum Gasteiger partial charge on any atom is 0.325 e. The van der Waals surface area contributed by atoms with Crippen LogP contribution < -0.4 is 14.3 Å². The Bertz CT molecular complexity index is 1330. The number of hydrogen-bond donors (Lipinski definition) is 0. The Morgan fingerprint density at radius 2 is 1.67 bits per heavy atom. The standard InChI is InChI=1S/C22H24N2O7S2/c1-29-16-9-10-17(30-2)21-20(16)24(13-19(26)31-3)22(32-21)23-18(25)11-12-33(27,28)14-15-7-5-4-6-8-15/h4-10H,11-14H2,1-3H3. The molecule has 0 N–H and O–H groups in total. The van der Waals surface area contributed by atoms with Gasteiger partial charge in [0.25, 0.3) is 0 Å². The zero-order chi connectivity index (χ0) is 24.0. The smallest absolute Gasteiger partial charge is 0.325 e. The first-order valence-electron chi connectivity index (χ1n) is 9.91. The molecule has 0 unspecified atom stereocenters. The Balaban J connectivity index is 1.94. The van der Waals surface area contributed by atoms with Crippen molar-refractivity contribution in [1.29, 1.82) is 0 Å². The van der Waals surface area contributed by atoms with E-state index in [-0.39, 0.29) is 29.3 Å². The first-order valence-corrected chi connectivity index (χ1v) is 12.5. The molecule has 2 aromatic carbocycles. The van der Waals surface area contributed by atoms with E-state index in [4.69, 9.17) is 14.2 Å². The van der Waals surface area contributed by atoms with Crippen LogP contribution in [0, 0.1) is 0 Å². The van der Waals surface area contributed by atoms with Gasteiger partial charge >= 0.3 is 5.97 Å². The maximum absolute atomic E-state index is 12.6. The number of rotatable bonds is 9. The Morgan fingerprint density at radius 3 is 2.30 bits per heavy atom. The van der Waals surface area contributed by atoms with Crippen LogP contribution in [0.1, 0.15) is 12.0 Å². The highest BCUT2D eigenvalue weighted by molar-refractivity contribution is 7.90. The molecule has 11 heteroatoms. The monoisotopic (exact) mass is 492 g/mol. The van der Waals surface area contributed by atoms with Crippen LogP contribution in [0.2, 0.25) is 0 Å². The van der Waals surface area contributed by atoms with Gasteiger partial charge in [-0.1, -0.05) is 41.7 Å². The molecule has 0 bridgehead atoms. The SMILES string of the molecule is COC(=O)Cn1c(=NC(=O)CCS(=O)(=O)Cc2ccccc2)sc2c(OC)ccc(OC)c21. The van der Waals surface area contributed by atoms with Crippen LogP contribution >= 0.6 is 11.3 Å². The summed E-state index contributed by atoms with van der Waals surface area (Å²) in [6, 6.07) is 12.2. The Kier molecular flexibility index (Phi) is 7.88. The number of esters is 1. The van der Waals surface area contributed by atoms with Crippen LogP contribution in [0.15, 0.2) is 47.5 Å². The third-order valence-electron chi connectivity index (χ3n) is 4.78. The molecule has 0 saturated heterocycles. The number of carbonyl (C=O) groups excluding carboxylic acids is 2. The largest absolute Gasteiger partial charge is 0.495 e. The lowest BCUT2D eigenvalue weighted by atomic mass is 10.2. The van der Waals surface area contributed by atoms with Crippen molar-refractivity contribution in [3.8, 4) is 11.5 Å². The molecule has 0 aliphatic carbocycles. The molecule has 0 saturated carbocycles. The molecule has 0 atom stereocenters. The first kappa shape index (κ1) is 24.5. The molecule has 0 aliphatic rings. The third-order valence-corrected chi connectivity index (χ3v) is 7.48. The van der Waals surface area contributed by atoms with Crippen LogP contribution in [-0.4, -0.2) is 51.9 Å². The Morgan fingerprint density at radius 1 is 1.00 bits per heavy atom. The predicted octanol–water partition coefficient (Wildman–Crippen LogP) is 2.33. The van der Waals surface area contributed by atoms with E-state index in [0.717, 1.165) is 11.3 Å². The molecule has 176 valence electrons. The summed E-state index contributed by atoms with van der Waals surface area (Å²) in [7, 11) is 0.752. The van der Waals surface area contributed by atoms with Gasteiger partial charge in [0, 0.05) is 6.42 Å². The highest BCUT2D eigenvalue weighted by Gasteiger charge is 2.19. The molecule has 33 heavy (non-hydrogen) atoms. The minimum atomic E-state index is -3.50. The minimum Gasteiger partial charge on any atom is -0.495 e. The Hall–Kier alpha value is -3.18. The lowest BCUT2D eigenvalue weighted by Crippen LogP contribution is -2.23. The number of aromatic nitrogens is 1. The number of benzene rings is 2. The van der Waals surface area contributed by atoms with Gasteiger partial charge in [0.15, 0.2) is 14.6 Å². The number of hydrogen-bond acceptors (Lipinski definition) is 8. The number of sulfone groups is 1. The molecule has 3 rings (SSSR count). The molecule has 0 aliphatic heterocycles. The number of carbonyl (C=O) groups is 2. The summed E-state index contributed by atoms with van der Waals surface area (Å²) in [4.78, 5) is 28.9. The van der Waals surface area contributed by atoms with E-state index in [9.17, 15) is 18.0 Å². The summed E-state index contributed by atoms with van der Waals surface area (Å²) >= 11 is 1.13. The van der Waals surface area contributed by atoms with Crippen molar-refractivity contribution < 1.29 is 32.2 Å². The Labute approximate surface area is 195 Å². The molecular weight excluding hydrogens is 468 g/mol. The summed E-state index contributed by atoms with van der Waals surface area (Å²) in [5, 5.41) is 0. The molecular formula is C22H24N2O7S2. The molecule has 3 aromatic rings. The molecule has 0 radical (unpaired) electrons. The van der Waals surface area contributed by atoms with Crippen LogP contribution in [0.4, 0.5) is 0 Å². The molecule has 9 nitrogen and oxygen atoms in total. The third kappa shape index (κ3) is 5.99. The van der Waals surface area contributed by atoms with E-state index in [1.807, 2.05) is 0 Å². The lowest BCUT2D eigenvalue weighted by Gasteiger charge is -2.09. The number of thiazole rings is 1. The van der Waals surface area contributed by atoms with E-state index in [1.54, 1.807) is 42.5 Å². The normalized spacial score (nSPS) is 12.0. The second-order valence-electron chi connectivity index (χ2n) is 7.03. The molecule has 1 amide bonds. The van der Waals surface area contributed by atoms with Gasteiger partial charge in [0.1, 0.15) is 28.3 Å². The highest BCUT2D eigenvalue weighted by atomic mass is 32.2. The topological polar surface area (TPSA) is 113 Å².